The summed E-state index contributed by atoms with van der Waals surface area (Å²) in [7, 11) is 1.68. The average molecular weight is 328 g/mol. The third-order valence-electron chi connectivity index (χ3n) is 3.56. The van der Waals surface area contributed by atoms with Crippen LogP contribution in [0.25, 0.3) is 0 Å². The zero-order valence-electron chi connectivity index (χ0n) is 12.0. The van der Waals surface area contributed by atoms with Gasteiger partial charge in [-0.1, -0.05) is 15.9 Å². The smallest absolute Gasteiger partial charge is 0.166 e. The minimum Gasteiger partial charge on any atom is -0.493 e. The molecular weight excluding hydrogens is 306 g/mol. The first-order valence-corrected chi connectivity index (χ1v) is 7.55. The van der Waals surface area contributed by atoms with Gasteiger partial charge in [0.15, 0.2) is 11.5 Å². The van der Waals surface area contributed by atoms with Gasteiger partial charge in [0.2, 0.25) is 0 Å². The second-order valence-corrected chi connectivity index (χ2v) is 6.43. The summed E-state index contributed by atoms with van der Waals surface area (Å²) in [4.78, 5) is 0. The molecule has 2 rings (SSSR count). The molecule has 1 aliphatic heterocycles. The first kappa shape index (κ1) is 14.7. The van der Waals surface area contributed by atoms with Crippen molar-refractivity contribution < 1.29 is 9.47 Å². The van der Waals surface area contributed by atoms with Crippen molar-refractivity contribution in [3.63, 3.8) is 0 Å². The van der Waals surface area contributed by atoms with Gasteiger partial charge in [-0.2, -0.15) is 0 Å². The maximum atomic E-state index is 6.01. The maximum absolute atomic E-state index is 6.01. The van der Waals surface area contributed by atoms with Crippen LogP contribution in [0, 0.1) is 0 Å². The zero-order chi connectivity index (χ0) is 14.0. The van der Waals surface area contributed by atoms with Gasteiger partial charge in [-0.25, -0.2) is 0 Å². The van der Waals surface area contributed by atoms with Gasteiger partial charge in [0.1, 0.15) is 0 Å². The molecule has 1 saturated heterocycles. The summed E-state index contributed by atoms with van der Waals surface area (Å²) in [5, 5.41) is 3.59. The van der Waals surface area contributed by atoms with E-state index in [9.17, 15) is 0 Å². The van der Waals surface area contributed by atoms with Gasteiger partial charge >= 0.3 is 0 Å². The standard InChI is InChI=1S/C15H22BrNO2/c1-10(2)19-14-12(15(3)6-5-7-17-15)8-11(16)9-13(14)18-4/h8-10,17H,5-7H2,1-4H3. The van der Waals surface area contributed by atoms with Crippen molar-refractivity contribution >= 4 is 15.9 Å². The highest BCUT2D eigenvalue weighted by atomic mass is 79.9. The van der Waals surface area contributed by atoms with Gasteiger partial charge in [-0.3, -0.25) is 0 Å². The van der Waals surface area contributed by atoms with Crippen LogP contribution in [0.1, 0.15) is 39.2 Å². The van der Waals surface area contributed by atoms with Gasteiger partial charge in [0.25, 0.3) is 0 Å². The predicted octanol–water partition coefficient (Wildman–Crippen LogP) is 3.84. The molecule has 3 nitrogen and oxygen atoms in total. The van der Waals surface area contributed by atoms with Gasteiger partial charge in [0, 0.05) is 15.6 Å². The summed E-state index contributed by atoms with van der Waals surface area (Å²) < 4.78 is 12.5. The van der Waals surface area contributed by atoms with Gasteiger partial charge in [0.05, 0.1) is 13.2 Å². The highest BCUT2D eigenvalue weighted by Gasteiger charge is 2.34. The van der Waals surface area contributed by atoms with E-state index >= 15 is 0 Å². The summed E-state index contributed by atoms with van der Waals surface area (Å²) in [6, 6.07) is 4.10. The van der Waals surface area contributed by atoms with Crippen molar-refractivity contribution in [2.45, 2.75) is 45.3 Å². The molecule has 0 spiro atoms. The topological polar surface area (TPSA) is 30.5 Å². The minimum atomic E-state index is -0.0404. The fourth-order valence-electron chi connectivity index (χ4n) is 2.61. The Morgan fingerprint density at radius 1 is 1.37 bits per heavy atom. The van der Waals surface area contributed by atoms with Gasteiger partial charge in [-0.15, -0.1) is 0 Å². The molecule has 0 aliphatic carbocycles. The highest BCUT2D eigenvalue weighted by Crippen LogP contribution is 2.43. The minimum absolute atomic E-state index is 0.0404. The van der Waals surface area contributed by atoms with Gasteiger partial charge in [-0.05, 0) is 52.3 Å². The summed E-state index contributed by atoms with van der Waals surface area (Å²) in [5.41, 5.74) is 1.13. The van der Waals surface area contributed by atoms with E-state index < -0.39 is 0 Å². The molecule has 1 aromatic rings. The lowest BCUT2D eigenvalue weighted by molar-refractivity contribution is 0.221. The number of rotatable bonds is 4. The molecule has 1 aliphatic rings. The number of benzene rings is 1. The molecule has 0 radical (unpaired) electrons. The molecule has 1 fully saturated rings. The summed E-state index contributed by atoms with van der Waals surface area (Å²) in [6.45, 7) is 7.35. The SMILES string of the molecule is COc1cc(Br)cc(C2(C)CCCN2)c1OC(C)C. The van der Waals surface area contributed by atoms with E-state index in [2.05, 4.69) is 34.2 Å². The Morgan fingerprint density at radius 3 is 2.63 bits per heavy atom. The molecule has 0 bridgehead atoms. The number of halogens is 1. The number of hydrogen-bond acceptors (Lipinski definition) is 3. The van der Waals surface area contributed by atoms with Crippen LogP contribution in [0.4, 0.5) is 0 Å². The Bertz CT molecular complexity index is 454. The Morgan fingerprint density at radius 2 is 2.11 bits per heavy atom. The molecule has 4 heteroatoms. The van der Waals surface area contributed by atoms with Crippen LogP contribution in [0.2, 0.25) is 0 Å². The fraction of sp³-hybridized carbons (Fsp3) is 0.600. The van der Waals surface area contributed by atoms with E-state index in [0.29, 0.717) is 0 Å². The number of nitrogens with one attached hydrogen (secondary N) is 1. The fourth-order valence-corrected chi connectivity index (χ4v) is 3.05. The molecule has 1 atom stereocenters. The molecule has 0 aromatic heterocycles. The summed E-state index contributed by atoms with van der Waals surface area (Å²) in [5.74, 6) is 1.64. The zero-order valence-corrected chi connectivity index (χ0v) is 13.6. The van der Waals surface area contributed by atoms with Crippen LogP contribution in [0.15, 0.2) is 16.6 Å². The Kier molecular flexibility index (Phi) is 4.41. The van der Waals surface area contributed by atoms with Crippen LogP contribution in [0.3, 0.4) is 0 Å². The summed E-state index contributed by atoms with van der Waals surface area (Å²) in [6.07, 6.45) is 2.42. The summed E-state index contributed by atoms with van der Waals surface area (Å²) >= 11 is 3.56. The molecule has 1 unspecified atom stereocenters. The molecular formula is C15H22BrNO2. The molecule has 0 saturated carbocycles. The average Bonchev–Trinajstić information content (AvgIpc) is 2.78. The predicted molar refractivity (Wildman–Crippen MR) is 81.0 cm³/mol. The number of ether oxygens (including phenoxy) is 2. The van der Waals surface area contributed by atoms with Crippen molar-refractivity contribution in [2.75, 3.05) is 13.7 Å². The van der Waals surface area contributed by atoms with Crippen molar-refractivity contribution in [3.05, 3.63) is 22.2 Å². The van der Waals surface area contributed by atoms with Crippen molar-refractivity contribution in [3.8, 4) is 11.5 Å². The van der Waals surface area contributed by atoms with E-state index in [4.69, 9.17) is 9.47 Å². The Hall–Kier alpha value is -0.740. The highest BCUT2D eigenvalue weighted by molar-refractivity contribution is 9.10. The largest absolute Gasteiger partial charge is 0.493 e. The molecule has 19 heavy (non-hydrogen) atoms. The molecule has 0 amide bonds. The van der Waals surface area contributed by atoms with E-state index in [0.717, 1.165) is 28.9 Å². The van der Waals surface area contributed by atoms with Crippen molar-refractivity contribution in [1.29, 1.82) is 0 Å². The molecule has 1 heterocycles. The number of hydrogen-bond donors (Lipinski definition) is 1. The Balaban J connectivity index is 2.53. The lowest BCUT2D eigenvalue weighted by Gasteiger charge is -2.29. The quantitative estimate of drug-likeness (QED) is 0.911. The molecule has 1 aromatic carbocycles. The lowest BCUT2D eigenvalue weighted by atomic mass is 9.89. The van der Waals surface area contributed by atoms with Crippen LogP contribution < -0.4 is 14.8 Å². The Labute approximate surface area is 123 Å². The lowest BCUT2D eigenvalue weighted by Crippen LogP contribution is -2.34. The van der Waals surface area contributed by atoms with Crippen molar-refractivity contribution in [1.82, 2.24) is 5.32 Å². The van der Waals surface area contributed by atoms with Gasteiger partial charge < -0.3 is 14.8 Å². The van der Waals surface area contributed by atoms with Crippen LogP contribution in [0.5, 0.6) is 11.5 Å². The second-order valence-electron chi connectivity index (χ2n) is 5.51. The third kappa shape index (κ3) is 3.06. The third-order valence-corrected chi connectivity index (χ3v) is 4.01. The normalized spacial score (nSPS) is 22.8. The first-order valence-electron chi connectivity index (χ1n) is 6.76. The maximum Gasteiger partial charge on any atom is 0.166 e. The van der Waals surface area contributed by atoms with E-state index in [1.54, 1.807) is 7.11 Å². The number of methoxy groups -OCH3 is 1. The molecule has 106 valence electrons. The second kappa shape index (κ2) is 5.71. The molecule has 1 N–H and O–H groups in total. The van der Waals surface area contributed by atoms with Crippen molar-refractivity contribution in [2.24, 2.45) is 0 Å². The van der Waals surface area contributed by atoms with Crippen LogP contribution in [-0.2, 0) is 5.54 Å². The van der Waals surface area contributed by atoms with E-state index in [1.165, 1.54) is 12.0 Å². The van der Waals surface area contributed by atoms with Crippen LogP contribution in [-0.4, -0.2) is 19.8 Å². The van der Waals surface area contributed by atoms with E-state index in [-0.39, 0.29) is 11.6 Å². The van der Waals surface area contributed by atoms with E-state index in [1.807, 2.05) is 19.9 Å². The first-order chi connectivity index (χ1) is 8.96. The monoisotopic (exact) mass is 327 g/mol. The van der Waals surface area contributed by atoms with Crippen LogP contribution >= 0.6 is 15.9 Å².